The van der Waals surface area contributed by atoms with Gasteiger partial charge in [-0.3, -0.25) is 15.1 Å². The van der Waals surface area contributed by atoms with Gasteiger partial charge in [-0.1, -0.05) is 13.3 Å². The Bertz CT molecular complexity index is 416. The fraction of sp³-hybridized carbons (Fsp3) is 0.583. The SMILES string of the molecule is CCCC1(CNc2ccncc2[N+](=O)[O-])CC1. The van der Waals surface area contributed by atoms with Crippen molar-refractivity contribution < 1.29 is 4.92 Å². The van der Waals surface area contributed by atoms with Crippen molar-refractivity contribution in [2.45, 2.75) is 32.6 Å². The number of nitrogens with zero attached hydrogens (tertiary/aromatic N) is 2. The van der Waals surface area contributed by atoms with E-state index in [1.807, 2.05) is 0 Å². The summed E-state index contributed by atoms with van der Waals surface area (Å²) < 4.78 is 0. The third-order valence-electron chi connectivity index (χ3n) is 3.39. The predicted octanol–water partition coefficient (Wildman–Crippen LogP) is 2.98. The smallest absolute Gasteiger partial charge is 0.310 e. The summed E-state index contributed by atoms with van der Waals surface area (Å²) in [5, 5.41) is 14.0. The molecule has 1 fully saturated rings. The molecule has 1 heterocycles. The highest BCUT2D eigenvalue weighted by molar-refractivity contribution is 5.59. The lowest BCUT2D eigenvalue weighted by molar-refractivity contribution is -0.384. The average Bonchev–Trinajstić information content (AvgIpc) is 3.08. The van der Waals surface area contributed by atoms with E-state index in [1.54, 1.807) is 12.3 Å². The zero-order chi connectivity index (χ0) is 12.3. The van der Waals surface area contributed by atoms with Crippen LogP contribution in [0.4, 0.5) is 11.4 Å². The summed E-state index contributed by atoms with van der Waals surface area (Å²) >= 11 is 0. The van der Waals surface area contributed by atoms with Crippen molar-refractivity contribution in [3.05, 3.63) is 28.6 Å². The zero-order valence-electron chi connectivity index (χ0n) is 9.98. The van der Waals surface area contributed by atoms with Crippen LogP contribution in [0.2, 0.25) is 0 Å². The molecule has 0 aromatic carbocycles. The Balaban J connectivity index is 2.02. The van der Waals surface area contributed by atoms with Crippen LogP contribution in [0.3, 0.4) is 0 Å². The van der Waals surface area contributed by atoms with Gasteiger partial charge < -0.3 is 5.32 Å². The predicted molar refractivity (Wildman–Crippen MR) is 66.0 cm³/mol. The number of pyridine rings is 1. The molecule has 0 bridgehead atoms. The molecule has 1 aromatic heterocycles. The molecule has 0 atom stereocenters. The molecule has 0 saturated heterocycles. The molecule has 0 aliphatic heterocycles. The number of hydrogen-bond acceptors (Lipinski definition) is 4. The molecule has 92 valence electrons. The molecule has 1 N–H and O–H groups in total. The van der Waals surface area contributed by atoms with Crippen LogP contribution in [0.25, 0.3) is 0 Å². The van der Waals surface area contributed by atoms with Gasteiger partial charge in [0, 0.05) is 12.7 Å². The molecule has 1 aliphatic rings. The molecule has 17 heavy (non-hydrogen) atoms. The molecule has 0 amide bonds. The van der Waals surface area contributed by atoms with Crippen LogP contribution in [0.5, 0.6) is 0 Å². The lowest BCUT2D eigenvalue weighted by atomic mass is 10.0. The third kappa shape index (κ3) is 2.72. The maximum absolute atomic E-state index is 10.8. The number of nitro groups is 1. The highest BCUT2D eigenvalue weighted by atomic mass is 16.6. The Morgan fingerprint density at radius 2 is 2.35 bits per heavy atom. The van der Waals surface area contributed by atoms with Crippen LogP contribution < -0.4 is 5.32 Å². The number of aromatic nitrogens is 1. The fourth-order valence-electron chi connectivity index (χ4n) is 2.19. The van der Waals surface area contributed by atoms with Gasteiger partial charge in [0.2, 0.25) is 0 Å². The number of anilines is 1. The monoisotopic (exact) mass is 235 g/mol. The van der Waals surface area contributed by atoms with Gasteiger partial charge in [-0.15, -0.1) is 0 Å². The Labute approximate surface area is 100 Å². The molecule has 1 aromatic rings. The number of nitrogens with one attached hydrogen (secondary N) is 1. The molecule has 0 spiro atoms. The van der Waals surface area contributed by atoms with Crippen LogP contribution in [0.1, 0.15) is 32.6 Å². The van der Waals surface area contributed by atoms with E-state index in [-0.39, 0.29) is 5.69 Å². The fourth-order valence-corrected chi connectivity index (χ4v) is 2.19. The van der Waals surface area contributed by atoms with Crippen molar-refractivity contribution in [2.75, 3.05) is 11.9 Å². The second-order valence-corrected chi connectivity index (χ2v) is 4.75. The van der Waals surface area contributed by atoms with Crippen molar-refractivity contribution >= 4 is 11.4 Å². The standard InChI is InChI=1S/C12H17N3O2/c1-2-4-12(5-6-12)9-14-10-3-7-13-8-11(10)15(16)17/h3,7-8H,2,4-6,9H2,1H3,(H,13,14). The highest BCUT2D eigenvalue weighted by Gasteiger charge is 2.41. The van der Waals surface area contributed by atoms with E-state index in [9.17, 15) is 10.1 Å². The molecule has 5 heteroatoms. The van der Waals surface area contributed by atoms with Gasteiger partial charge in [-0.25, -0.2) is 0 Å². The van der Waals surface area contributed by atoms with E-state index < -0.39 is 4.92 Å². The van der Waals surface area contributed by atoms with E-state index in [1.165, 1.54) is 31.9 Å². The molecule has 0 radical (unpaired) electrons. The highest BCUT2D eigenvalue weighted by Crippen LogP contribution is 2.49. The molecule has 1 saturated carbocycles. The normalized spacial score (nSPS) is 16.5. The molecule has 2 rings (SSSR count). The Morgan fingerprint density at radius 1 is 1.59 bits per heavy atom. The summed E-state index contributed by atoms with van der Waals surface area (Å²) in [4.78, 5) is 14.2. The van der Waals surface area contributed by atoms with Crippen LogP contribution in [-0.4, -0.2) is 16.5 Å². The summed E-state index contributed by atoms with van der Waals surface area (Å²) in [6, 6.07) is 1.67. The molecule has 5 nitrogen and oxygen atoms in total. The quantitative estimate of drug-likeness (QED) is 0.608. The van der Waals surface area contributed by atoms with Crippen LogP contribution in [0.15, 0.2) is 18.5 Å². The summed E-state index contributed by atoms with van der Waals surface area (Å²) in [6.07, 6.45) is 7.69. The first-order chi connectivity index (χ1) is 8.17. The van der Waals surface area contributed by atoms with Crippen LogP contribution in [0, 0.1) is 15.5 Å². The zero-order valence-corrected chi connectivity index (χ0v) is 9.98. The lowest BCUT2D eigenvalue weighted by Gasteiger charge is -2.15. The van der Waals surface area contributed by atoms with Crippen molar-refractivity contribution in [3.63, 3.8) is 0 Å². The minimum absolute atomic E-state index is 0.0554. The number of rotatable bonds is 6. The van der Waals surface area contributed by atoms with Crippen LogP contribution >= 0.6 is 0 Å². The Hall–Kier alpha value is -1.65. The van der Waals surface area contributed by atoms with Gasteiger partial charge in [0.25, 0.3) is 0 Å². The maximum atomic E-state index is 10.8. The van der Waals surface area contributed by atoms with E-state index in [0.29, 0.717) is 11.1 Å². The summed E-state index contributed by atoms with van der Waals surface area (Å²) in [5.74, 6) is 0. The van der Waals surface area contributed by atoms with Crippen molar-refractivity contribution in [1.29, 1.82) is 0 Å². The summed E-state index contributed by atoms with van der Waals surface area (Å²) in [5.41, 5.74) is 1.01. The van der Waals surface area contributed by atoms with E-state index in [4.69, 9.17) is 0 Å². The molecular formula is C12H17N3O2. The third-order valence-corrected chi connectivity index (χ3v) is 3.39. The Kier molecular flexibility index (Phi) is 3.26. The average molecular weight is 235 g/mol. The minimum atomic E-state index is -0.394. The van der Waals surface area contributed by atoms with Crippen molar-refractivity contribution in [1.82, 2.24) is 4.98 Å². The summed E-state index contributed by atoms with van der Waals surface area (Å²) in [6.45, 7) is 3.00. The first-order valence-corrected chi connectivity index (χ1v) is 5.99. The van der Waals surface area contributed by atoms with Crippen molar-refractivity contribution in [2.24, 2.45) is 5.41 Å². The van der Waals surface area contributed by atoms with Crippen molar-refractivity contribution in [3.8, 4) is 0 Å². The van der Waals surface area contributed by atoms with Gasteiger partial charge in [0.05, 0.1) is 4.92 Å². The molecule has 0 unspecified atom stereocenters. The van der Waals surface area contributed by atoms with Gasteiger partial charge in [-0.05, 0) is 30.7 Å². The van der Waals surface area contributed by atoms with Gasteiger partial charge >= 0.3 is 5.69 Å². The first kappa shape index (κ1) is 11.8. The maximum Gasteiger partial charge on any atom is 0.310 e. The number of hydrogen-bond donors (Lipinski definition) is 1. The molecular weight excluding hydrogens is 218 g/mol. The summed E-state index contributed by atoms with van der Waals surface area (Å²) in [7, 11) is 0. The van der Waals surface area contributed by atoms with Gasteiger partial charge in [-0.2, -0.15) is 0 Å². The van der Waals surface area contributed by atoms with E-state index in [0.717, 1.165) is 6.54 Å². The first-order valence-electron chi connectivity index (χ1n) is 5.99. The molecule has 1 aliphatic carbocycles. The van der Waals surface area contributed by atoms with Gasteiger partial charge in [0.15, 0.2) is 0 Å². The van der Waals surface area contributed by atoms with Crippen LogP contribution in [-0.2, 0) is 0 Å². The Morgan fingerprint density at radius 3 is 2.94 bits per heavy atom. The minimum Gasteiger partial charge on any atom is -0.379 e. The second kappa shape index (κ2) is 4.69. The second-order valence-electron chi connectivity index (χ2n) is 4.75. The van der Waals surface area contributed by atoms with E-state index >= 15 is 0 Å². The largest absolute Gasteiger partial charge is 0.379 e. The lowest BCUT2D eigenvalue weighted by Crippen LogP contribution is -2.15. The van der Waals surface area contributed by atoms with Gasteiger partial charge in [0.1, 0.15) is 11.9 Å². The topological polar surface area (TPSA) is 68.1 Å². The van der Waals surface area contributed by atoms with E-state index in [2.05, 4.69) is 17.2 Å².